The number of carbonyl (C=O) groups excluding carboxylic acids is 1. The van der Waals surface area contributed by atoms with E-state index in [9.17, 15) is 9.90 Å². The minimum atomic E-state index is -0.652. The van der Waals surface area contributed by atoms with Crippen LogP contribution in [0.15, 0.2) is 53.1 Å². The molecule has 1 aliphatic rings. The molecule has 150 valence electrons. The third kappa shape index (κ3) is 4.17. The second-order valence-electron chi connectivity index (χ2n) is 6.36. The van der Waals surface area contributed by atoms with Crippen molar-refractivity contribution in [3.8, 4) is 11.5 Å². The van der Waals surface area contributed by atoms with Crippen LogP contribution in [0.5, 0.6) is 11.5 Å². The zero-order chi connectivity index (χ0) is 20.2. The Hall–Kier alpha value is -3.13. The van der Waals surface area contributed by atoms with Gasteiger partial charge in [-0.3, -0.25) is 0 Å². The maximum Gasteiger partial charge on any atom is 0.345 e. The fourth-order valence-electron chi connectivity index (χ4n) is 2.98. The summed E-state index contributed by atoms with van der Waals surface area (Å²) in [7, 11) is 1.27. The summed E-state index contributed by atoms with van der Waals surface area (Å²) >= 11 is 1.37. The molecule has 8 heteroatoms. The van der Waals surface area contributed by atoms with E-state index in [4.69, 9.17) is 14.2 Å². The quantitative estimate of drug-likeness (QED) is 0.284. The van der Waals surface area contributed by atoms with E-state index in [-0.39, 0.29) is 22.9 Å². The van der Waals surface area contributed by atoms with Crippen molar-refractivity contribution in [1.29, 1.82) is 0 Å². The van der Waals surface area contributed by atoms with E-state index >= 15 is 0 Å². The van der Waals surface area contributed by atoms with Gasteiger partial charge in [-0.1, -0.05) is 12.1 Å². The van der Waals surface area contributed by atoms with Crippen LogP contribution in [-0.4, -0.2) is 47.1 Å². The number of rotatable bonds is 5. The summed E-state index contributed by atoms with van der Waals surface area (Å²) in [4.78, 5) is 20.7. The van der Waals surface area contributed by atoms with Crippen LogP contribution in [-0.2, 0) is 9.53 Å². The van der Waals surface area contributed by atoms with Crippen LogP contribution in [0.25, 0.3) is 16.6 Å². The number of aliphatic hydroxyl groups excluding tert-OH is 1. The molecule has 3 aromatic rings. The molecule has 2 N–H and O–H groups in total. The molecule has 0 unspecified atom stereocenters. The number of hydrogen-bond acceptors (Lipinski definition) is 7. The molecule has 0 saturated heterocycles. The minimum Gasteiger partial charge on any atom is -0.510 e. The number of carbonyl (C=O) groups is 1. The number of ether oxygens (including phenoxy) is 3. The van der Waals surface area contributed by atoms with E-state index in [0.29, 0.717) is 30.2 Å². The SMILES string of the molecule is COC(=O)/C(=C(/O)CSc1ccc2c(c1)OCCCO2)c1nc2ccccc2[nH]1. The maximum atomic E-state index is 12.3. The molecule has 29 heavy (non-hydrogen) atoms. The molecular formula is C21H20N2O5S. The van der Waals surface area contributed by atoms with Gasteiger partial charge in [0.1, 0.15) is 17.2 Å². The summed E-state index contributed by atoms with van der Waals surface area (Å²) in [6.45, 7) is 1.23. The number of aromatic amines is 1. The topological polar surface area (TPSA) is 93.7 Å². The molecule has 2 aromatic carbocycles. The molecule has 1 aromatic heterocycles. The fourth-order valence-corrected chi connectivity index (χ4v) is 3.78. The third-order valence-corrected chi connectivity index (χ3v) is 5.40. The van der Waals surface area contributed by atoms with Gasteiger partial charge in [0.25, 0.3) is 0 Å². The van der Waals surface area contributed by atoms with Gasteiger partial charge in [0, 0.05) is 11.3 Å². The molecule has 2 heterocycles. The zero-order valence-electron chi connectivity index (χ0n) is 15.8. The van der Waals surface area contributed by atoms with Crippen LogP contribution in [0.1, 0.15) is 12.2 Å². The first-order valence-corrected chi connectivity index (χ1v) is 10.1. The average Bonchev–Trinajstić information content (AvgIpc) is 3.01. The van der Waals surface area contributed by atoms with Gasteiger partial charge in [-0.05, 0) is 30.3 Å². The smallest absolute Gasteiger partial charge is 0.345 e. The Morgan fingerprint density at radius 3 is 2.79 bits per heavy atom. The van der Waals surface area contributed by atoms with E-state index in [2.05, 4.69) is 9.97 Å². The summed E-state index contributed by atoms with van der Waals surface area (Å²) in [5.74, 6) is 1.07. The van der Waals surface area contributed by atoms with E-state index in [0.717, 1.165) is 16.8 Å². The number of benzene rings is 2. The van der Waals surface area contributed by atoms with Gasteiger partial charge in [-0.25, -0.2) is 9.78 Å². The standard InChI is InChI=1S/C21H20N2O5S/c1-26-21(25)19(20-22-14-5-2-3-6-15(14)23-20)16(24)12-29-13-7-8-17-18(11-13)28-10-4-9-27-17/h2-3,5-8,11,24H,4,9-10,12H2,1H3,(H,22,23)/b19-16+. The first kappa shape index (κ1) is 19.2. The molecule has 0 spiro atoms. The Bertz CT molecular complexity index is 1040. The van der Waals surface area contributed by atoms with E-state index < -0.39 is 5.97 Å². The summed E-state index contributed by atoms with van der Waals surface area (Å²) in [5.41, 5.74) is 1.49. The van der Waals surface area contributed by atoms with Crippen molar-refractivity contribution in [2.45, 2.75) is 11.3 Å². The molecule has 7 nitrogen and oxygen atoms in total. The predicted molar refractivity (Wildman–Crippen MR) is 110 cm³/mol. The predicted octanol–water partition coefficient (Wildman–Crippen LogP) is 3.96. The number of H-pyrrole nitrogens is 1. The average molecular weight is 412 g/mol. The number of aromatic nitrogens is 2. The number of nitrogens with one attached hydrogen (secondary N) is 1. The van der Waals surface area contributed by atoms with Gasteiger partial charge >= 0.3 is 5.97 Å². The van der Waals surface area contributed by atoms with Gasteiger partial charge in [-0.15, -0.1) is 11.8 Å². The van der Waals surface area contributed by atoms with Crippen molar-refractivity contribution in [2.75, 3.05) is 26.1 Å². The normalized spacial score (nSPS) is 14.2. The van der Waals surface area contributed by atoms with Gasteiger partial charge in [0.2, 0.25) is 0 Å². The number of aliphatic hydroxyl groups is 1. The van der Waals surface area contributed by atoms with E-state index in [1.165, 1.54) is 18.9 Å². The van der Waals surface area contributed by atoms with Crippen LogP contribution < -0.4 is 9.47 Å². The molecule has 0 amide bonds. The van der Waals surface area contributed by atoms with E-state index in [1.54, 1.807) is 0 Å². The Morgan fingerprint density at radius 1 is 1.21 bits per heavy atom. The van der Waals surface area contributed by atoms with Crippen LogP contribution in [0.3, 0.4) is 0 Å². The Morgan fingerprint density at radius 2 is 2.00 bits per heavy atom. The van der Waals surface area contributed by atoms with Crippen LogP contribution in [0, 0.1) is 0 Å². The molecule has 0 fully saturated rings. The fraction of sp³-hybridized carbons (Fsp3) is 0.238. The number of esters is 1. The summed E-state index contributed by atoms with van der Waals surface area (Å²) in [6.07, 6.45) is 0.834. The molecule has 0 atom stereocenters. The molecule has 0 saturated carbocycles. The lowest BCUT2D eigenvalue weighted by molar-refractivity contribution is -0.133. The van der Waals surface area contributed by atoms with Crippen molar-refractivity contribution >= 4 is 34.3 Å². The number of thioether (sulfide) groups is 1. The number of nitrogens with zero attached hydrogens (tertiary/aromatic N) is 1. The number of hydrogen-bond donors (Lipinski definition) is 2. The van der Waals surface area contributed by atoms with Crippen LogP contribution in [0.2, 0.25) is 0 Å². The highest BCUT2D eigenvalue weighted by atomic mass is 32.2. The highest BCUT2D eigenvalue weighted by molar-refractivity contribution is 7.99. The van der Waals surface area contributed by atoms with Crippen molar-refractivity contribution in [3.05, 3.63) is 54.0 Å². The summed E-state index contributed by atoms with van der Waals surface area (Å²) in [5, 5.41) is 10.7. The second-order valence-corrected chi connectivity index (χ2v) is 7.41. The van der Waals surface area contributed by atoms with Crippen molar-refractivity contribution < 1.29 is 24.1 Å². The molecular weight excluding hydrogens is 392 g/mol. The molecule has 0 radical (unpaired) electrons. The lowest BCUT2D eigenvalue weighted by Crippen LogP contribution is -2.09. The largest absolute Gasteiger partial charge is 0.510 e. The summed E-state index contributed by atoms with van der Waals surface area (Å²) in [6, 6.07) is 13.0. The maximum absolute atomic E-state index is 12.3. The second kappa shape index (κ2) is 8.48. The number of imidazole rings is 1. The van der Waals surface area contributed by atoms with Crippen molar-refractivity contribution in [2.24, 2.45) is 0 Å². The first-order chi connectivity index (χ1) is 14.2. The minimum absolute atomic E-state index is 0.0190. The Labute approximate surface area is 171 Å². The Kier molecular flexibility index (Phi) is 5.62. The lowest BCUT2D eigenvalue weighted by Gasteiger charge is -2.10. The van der Waals surface area contributed by atoms with Crippen LogP contribution >= 0.6 is 11.8 Å². The highest BCUT2D eigenvalue weighted by Crippen LogP contribution is 2.35. The lowest BCUT2D eigenvalue weighted by atomic mass is 10.2. The van der Waals surface area contributed by atoms with Gasteiger partial charge in [0.15, 0.2) is 11.5 Å². The number of para-hydroxylation sites is 2. The Balaban J connectivity index is 1.59. The number of fused-ring (bicyclic) bond motifs is 2. The first-order valence-electron chi connectivity index (χ1n) is 9.13. The molecule has 1 aliphatic heterocycles. The van der Waals surface area contributed by atoms with Gasteiger partial charge in [0.05, 0.1) is 37.1 Å². The van der Waals surface area contributed by atoms with Crippen molar-refractivity contribution in [1.82, 2.24) is 9.97 Å². The zero-order valence-corrected chi connectivity index (χ0v) is 16.6. The van der Waals surface area contributed by atoms with Crippen molar-refractivity contribution in [3.63, 3.8) is 0 Å². The summed E-state index contributed by atoms with van der Waals surface area (Å²) < 4.78 is 16.2. The molecule has 0 bridgehead atoms. The van der Waals surface area contributed by atoms with E-state index in [1.807, 2.05) is 42.5 Å². The molecule has 4 rings (SSSR count). The highest BCUT2D eigenvalue weighted by Gasteiger charge is 2.22. The monoisotopic (exact) mass is 412 g/mol. The van der Waals surface area contributed by atoms with Gasteiger partial charge in [-0.2, -0.15) is 0 Å². The number of methoxy groups -OCH3 is 1. The van der Waals surface area contributed by atoms with Crippen LogP contribution in [0.4, 0.5) is 0 Å². The third-order valence-electron chi connectivity index (χ3n) is 4.40. The molecule has 0 aliphatic carbocycles. The van der Waals surface area contributed by atoms with Gasteiger partial charge < -0.3 is 24.3 Å².